The van der Waals surface area contributed by atoms with Gasteiger partial charge in [0.05, 0.1) is 5.41 Å². The molecule has 0 aliphatic heterocycles. The summed E-state index contributed by atoms with van der Waals surface area (Å²) < 4.78 is 0. The minimum Gasteiger partial charge on any atom is -0.481 e. The van der Waals surface area contributed by atoms with Crippen molar-refractivity contribution in [1.82, 2.24) is 6.15 Å². The van der Waals surface area contributed by atoms with Gasteiger partial charge in [-0.3, -0.25) is 4.79 Å². The van der Waals surface area contributed by atoms with E-state index in [0.717, 1.165) is 12.8 Å². The summed E-state index contributed by atoms with van der Waals surface area (Å²) in [5.41, 5.74) is -0.545. The zero-order valence-electron chi connectivity index (χ0n) is 16.6. The maximum absolute atomic E-state index is 11.0. The lowest BCUT2D eigenvalue weighted by Crippen LogP contribution is -2.23. The molecule has 0 fully saturated rings. The number of rotatable bonds is 16. The van der Waals surface area contributed by atoms with Crippen LogP contribution < -0.4 is 6.15 Å². The molecule has 0 rings (SSSR count). The van der Waals surface area contributed by atoms with Crippen LogP contribution in [0.1, 0.15) is 117 Å². The van der Waals surface area contributed by atoms with E-state index >= 15 is 0 Å². The highest BCUT2D eigenvalue weighted by Crippen LogP contribution is 2.24. The standard InChI is InChI=1S/C20H40O2.ClH.H3N/c1-4-5-6-7-8-9-10-11-12-13-14-15-16-17-18-20(2,3)19(21)22;;/h4-18H2,1-3H3,(H,21,22);1H;1H3. The molecule has 0 atom stereocenters. The van der Waals surface area contributed by atoms with Crippen LogP contribution in [0.15, 0.2) is 0 Å². The Labute approximate surface area is 157 Å². The summed E-state index contributed by atoms with van der Waals surface area (Å²) >= 11 is 0. The molecule has 0 radical (unpaired) electrons. The van der Waals surface area contributed by atoms with Crippen molar-refractivity contribution in [3.63, 3.8) is 0 Å². The summed E-state index contributed by atoms with van der Waals surface area (Å²) in [5, 5.41) is 9.05. The van der Waals surface area contributed by atoms with Crippen LogP contribution >= 0.6 is 12.4 Å². The molecule has 148 valence electrons. The van der Waals surface area contributed by atoms with Crippen LogP contribution in [0.5, 0.6) is 0 Å². The van der Waals surface area contributed by atoms with Crippen molar-refractivity contribution in [2.24, 2.45) is 5.41 Å². The van der Waals surface area contributed by atoms with E-state index in [-0.39, 0.29) is 18.6 Å². The summed E-state index contributed by atoms with van der Waals surface area (Å²) in [4.78, 5) is 11.0. The van der Waals surface area contributed by atoms with Gasteiger partial charge in [0, 0.05) is 0 Å². The van der Waals surface area contributed by atoms with Gasteiger partial charge in [-0.25, -0.2) is 0 Å². The monoisotopic (exact) mass is 365 g/mol. The predicted octanol–water partition coefficient (Wildman–Crippen LogP) is 7.55. The van der Waals surface area contributed by atoms with Crippen molar-refractivity contribution in [3.05, 3.63) is 0 Å². The minimum absolute atomic E-state index is 0. The number of halogens is 1. The van der Waals surface area contributed by atoms with Crippen molar-refractivity contribution >= 4 is 18.4 Å². The van der Waals surface area contributed by atoms with Crippen molar-refractivity contribution in [3.8, 4) is 0 Å². The van der Waals surface area contributed by atoms with E-state index in [1.54, 1.807) is 0 Å². The van der Waals surface area contributed by atoms with E-state index in [0.29, 0.717) is 0 Å². The lowest BCUT2D eigenvalue weighted by molar-refractivity contribution is -0.147. The van der Waals surface area contributed by atoms with Crippen molar-refractivity contribution in [2.45, 2.75) is 117 Å². The number of carboxylic acids is 1. The Morgan fingerprint density at radius 2 is 1.00 bits per heavy atom. The molecule has 0 aliphatic rings. The number of carbonyl (C=O) groups is 1. The highest BCUT2D eigenvalue weighted by Gasteiger charge is 2.25. The molecule has 0 bridgehead atoms. The second kappa shape index (κ2) is 19.1. The van der Waals surface area contributed by atoms with Crippen LogP contribution in [-0.4, -0.2) is 11.1 Å². The van der Waals surface area contributed by atoms with Crippen LogP contribution in [0.3, 0.4) is 0 Å². The molecule has 4 heteroatoms. The summed E-state index contributed by atoms with van der Waals surface area (Å²) in [7, 11) is 0. The summed E-state index contributed by atoms with van der Waals surface area (Å²) in [6, 6.07) is 0. The highest BCUT2D eigenvalue weighted by molar-refractivity contribution is 5.85. The lowest BCUT2D eigenvalue weighted by Gasteiger charge is -2.18. The van der Waals surface area contributed by atoms with Gasteiger partial charge in [-0.1, -0.05) is 96.8 Å². The molecule has 0 aliphatic carbocycles. The zero-order valence-corrected chi connectivity index (χ0v) is 17.4. The van der Waals surface area contributed by atoms with Gasteiger partial charge < -0.3 is 11.3 Å². The third-order valence-electron chi connectivity index (χ3n) is 4.73. The molecule has 0 aromatic heterocycles. The second-order valence-electron chi connectivity index (χ2n) is 7.54. The first-order valence-corrected chi connectivity index (χ1v) is 9.74. The third kappa shape index (κ3) is 18.1. The SMILES string of the molecule is CCCCCCCCCCCCCCCCC(C)(C)C(=O)O.Cl.N. The first-order chi connectivity index (χ1) is 10.5. The number of hydrogen-bond acceptors (Lipinski definition) is 2. The van der Waals surface area contributed by atoms with Gasteiger partial charge in [0.2, 0.25) is 0 Å². The molecule has 0 aromatic carbocycles. The molecule has 24 heavy (non-hydrogen) atoms. The Kier molecular flexibility index (Phi) is 22.6. The maximum atomic E-state index is 11.0. The van der Waals surface area contributed by atoms with Gasteiger partial charge >= 0.3 is 5.97 Å². The van der Waals surface area contributed by atoms with Gasteiger partial charge in [-0.05, 0) is 20.3 Å². The first kappa shape index (κ1) is 28.5. The molecule has 3 nitrogen and oxygen atoms in total. The second-order valence-corrected chi connectivity index (χ2v) is 7.54. The van der Waals surface area contributed by atoms with E-state index in [9.17, 15) is 4.79 Å². The molecule has 0 spiro atoms. The summed E-state index contributed by atoms with van der Waals surface area (Å²) in [6.07, 6.45) is 19.7. The molecule has 0 unspecified atom stereocenters. The molecule has 0 saturated carbocycles. The average Bonchev–Trinajstić information content (AvgIpc) is 2.47. The van der Waals surface area contributed by atoms with Crippen LogP contribution in [0, 0.1) is 5.41 Å². The number of carboxylic acid groups (broad SMARTS) is 1. The topological polar surface area (TPSA) is 72.3 Å². The van der Waals surface area contributed by atoms with E-state index in [1.165, 1.54) is 83.5 Å². The fourth-order valence-corrected chi connectivity index (χ4v) is 2.87. The Balaban J connectivity index is -0.00000220. The largest absolute Gasteiger partial charge is 0.481 e. The van der Waals surface area contributed by atoms with Crippen LogP contribution in [0.4, 0.5) is 0 Å². The van der Waals surface area contributed by atoms with Crippen molar-refractivity contribution in [2.75, 3.05) is 0 Å². The molecule has 4 N–H and O–H groups in total. The molecule has 0 amide bonds. The van der Waals surface area contributed by atoms with Crippen molar-refractivity contribution < 1.29 is 9.90 Å². The molecule has 0 saturated heterocycles. The first-order valence-electron chi connectivity index (χ1n) is 9.74. The highest BCUT2D eigenvalue weighted by atomic mass is 35.5. The Hall–Kier alpha value is -0.280. The Bertz CT molecular complexity index is 270. The van der Waals surface area contributed by atoms with Crippen LogP contribution in [-0.2, 0) is 4.79 Å². The van der Waals surface area contributed by atoms with Crippen molar-refractivity contribution in [1.29, 1.82) is 0 Å². The van der Waals surface area contributed by atoms with Crippen LogP contribution in [0.2, 0.25) is 0 Å². The lowest BCUT2D eigenvalue weighted by atomic mass is 9.87. The summed E-state index contributed by atoms with van der Waals surface area (Å²) in [5.74, 6) is -0.665. The normalized spacial score (nSPS) is 10.8. The maximum Gasteiger partial charge on any atom is 0.309 e. The van der Waals surface area contributed by atoms with Gasteiger partial charge in [0.1, 0.15) is 0 Å². The number of unbranched alkanes of at least 4 members (excludes halogenated alkanes) is 13. The van der Waals surface area contributed by atoms with Crippen LogP contribution in [0.25, 0.3) is 0 Å². The molecular weight excluding hydrogens is 322 g/mol. The fraction of sp³-hybridized carbons (Fsp3) is 0.950. The van der Waals surface area contributed by atoms with Gasteiger partial charge in [0.25, 0.3) is 0 Å². The Morgan fingerprint density at radius 3 is 1.29 bits per heavy atom. The van der Waals surface area contributed by atoms with E-state index in [2.05, 4.69) is 6.92 Å². The van der Waals surface area contributed by atoms with Gasteiger partial charge in [0.15, 0.2) is 0 Å². The molecule has 0 aromatic rings. The number of aliphatic carboxylic acids is 1. The van der Waals surface area contributed by atoms with E-state index in [4.69, 9.17) is 5.11 Å². The average molecular weight is 366 g/mol. The quantitative estimate of drug-likeness (QED) is 0.277. The zero-order chi connectivity index (χ0) is 16.7. The van der Waals surface area contributed by atoms with Gasteiger partial charge in [-0.2, -0.15) is 0 Å². The summed E-state index contributed by atoms with van der Waals surface area (Å²) in [6.45, 7) is 5.93. The minimum atomic E-state index is -0.665. The van der Waals surface area contributed by atoms with E-state index < -0.39 is 11.4 Å². The third-order valence-corrected chi connectivity index (χ3v) is 4.73. The van der Waals surface area contributed by atoms with Gasteiger partial charge in [-0.15, -0.1) is 12.4 Å². The smallest absolute Gasteiger partial charge is 0.309 e. The molecular formula is C20H44ClNO2. The predicted molar refractivity (Wildman–Crippen MR) is 109 cm³/mol. The molecule has 0 heterocycles. The number of hydrogen-bond donors (Lipinski definition) is 2. The van der Waals surface area contributed by atoms with E-state index in [1.807, 2.05) is 13.8 Å². The Morgan fingerprint density at radius 1 is 0.708 bits per heavy atom. The fourth-order valence-electron chi connectivity index (χ4n) is 2.87.